The summed E-state index contributed by atoms with van der Waals surface area (Å²) in [5.74, 6) is 2.37. The first-order valence-electron chi connectivity index (χ1n) is 11.3. The van der Waals surface area contributed by atoms with E-state index in [9.17, 15) is 4.39 Å². The average molecular weight is 429 g/mol. The van der Waals surface area contributed by atoms with Gasteiger partial charge in [-0.2, -0.15) is 5.10 Å². The number of aryl methyl sites for hydroxylation is 1. The molecule has 1 aliphatic heterocycles. The van der Waals surface area contributed by atoms with E-state index in [1.54, 1.807) is 20.2 Å². The summed E-state index contributed by atoms with van der Waals surface area (Å²) in [7, 11) is 3.45. The number of aliphatic imine (C=N–C) groups is 1. The maximum Gasteiger partial charge on any atom is 0.191 e. The molecule has 0 amide bonds. The highest BCUT2D eigenvalue weighted by atomic mass is 19.1. The Kier molecular flexibility index (Phi) is 6.85. The van der Waals surface area contributed by atoms with Gasteiger partial charge in [0, 0.05) is 38.6 Å². The minimum absolute atomic E-state index is 0.0569. The average Bonchev–Trinajstić information content (AvgIpc) is 3.19. The van der Waals surface area contributed by atoms with Crippen LogP contribution in [-0.2, 0) is 29.7 Å². The van der Waals surface area contributed by atoms with Crippen LogP contribution < -0.4 is 10.6 Å². The molecule has 1 unspecified atom stereocenters. The van der Waals surface area contributed by atoms with E-state index >= 15 is 0 Å². The highest BCUT2D eigenvalue weighted by Gasteiger charge is 2.34. The molecule has 1 aliphatic carbocycles. The van der Waals surface area contributed by atoms with Crippen molar-refractivity contribution in [1.82, 2.24) is 25.4 Å². The van der Waals surface area contributed by atoms with Gasteiger partial charge in [-0.25, -0.2) is 14.1 Å². The first-order chi connectivity index (χ1) is 15.1. The fourth-order valence-electron chi connectivity index (χ4n) is 4.92. The second-order valence-electron chi connectivity index (χ2n) is 8.72. The number of guanidine groups is 1. The van der Waals surface area contributed by atoms with E-state index in [0.717, 1.165) is 61.9 Å². The van der Waals surface area contributed by atoms with Crippen molar-refractivity contribution in [2.24, 2.45) is 4.99 Å². The molecule has 8 heteroatoms. The molecule has 2 aliphatic rings. The van der Waals surface area contributed by atoms with E-state index in [-0.39, 0.29) is 17.3 Å². The number of nitrogens with zero attached hydrogens (tertiary/aromatic N) is 4. The van der Waals surface area contributed by atoms with Gasteiger partial charge >= 0.3 is 0 Å². The minimum Gasteiger partial charge on any atom is -0.377 e. The van der Waals surface area contributed by atoms with E-state index in [0.29, 0.717) is 6.61 Å². The molecule has 1 saturated carbocycles. The van der Waals surface area contributed by atoms with Crippen LogP contribution in [0.5, 0.6) is 0 Å². The van der Waals surface area contributed by atoms with Gasteiger partial charge < -0.3 is 15.4 Å². The van der Waals surface area contributed by atoms with Gasteiger partial charge in [-0.15, -0.1) is 0 Å². The molecule has 1 aromatic heterocycles. The summed E-state index contributed by atoms with van der Waals surface area (Å²) >= 11 is 0. The maximum absolute atomic E-state index is 14.0. The molecule has 0 bridgehead atoms. The van der Waals surface area contributed by atoms with Crippen molar-refractivity contribution in [3.63, 3.8) is 0 Å². The largest absolute Gasteiger partial charge is 0.377 e. The standard InChI is InChI=1S/C23H33FN6O/c1-25-22(27-19-9-10-21-28-20(15-31-2)29-30(21)14-19)26-16-23(11-4-3-5-12-23)17-7-6-8-18(24)13-17/h6-8,13,19H,3-5,9-12,14-16H2,1-2H3,(H2,25,26,27). The number of aromatic nitrogens is 3. The van der Waals surface area contributed by atoms with Gasteiger partial charge in [0.25, 0.3) is 0 Å². The lowest BCUT2D eigenvalue weighted by atomic mass is 9.69. The van der Waals surface area contributed by atoms with Gasteiger partial charge in [-0.3, -0.25) is 4.99 Å². The van der Waals surface area contributed by atoms with Crippen LogP contribution >= 0.6 is 0 Å². The summed E-state index contributed by atoms with van der Waals surface area (Å²) in [6, 6.07) is 7.34. The van der Waals surface area contributed by atoms with E-state index in [2.05, 4.69) is 31.8 Å². The molecule has 7 nitrogen and oxygen atoms in total. The van der Waals surface area contributed by atoms with Gasteiger partial charge in [0.15, 0.2) is 11.8 Å². The van der Waals surface area contributed by atoms with Crippen LogP contribution in [-0.4, -0.2) is 47.5 Å². The van der Waals surface area contributed by atoms with E-state index in [1.807, 2.05) is 10.7 Å². The molecule has 1 atom stereocenters. The van der Waals surface area contributed by atoms with Crippen LogP contribution in [0.2, 0.25) is 0 Å². The fourth-order valence-corrected chi connectivity index (χ4v) is 4.92. The molecular weight excluding hydrogens is 395 g/mol. The topological polar surface area (TPSA) is 76.4 Å². The number of methoxy groups -OCH3 is 1. The first kappa shape index (κ1) is 21.7. The van der Waals surface area contributed by atoms with Crippen molar-refractivity contribution in [3.05, 3.63) is 47.3 Å². The highest BCUT2D eigenvalue weighted by molar-refractivity contribution is 5.80. The SMILES string of the molecule is CN=C(NCC1(c2cccc(F)c2)CCCCC1)NC1CCc2nc(COC)nn2C1. The van der Waals surface area contributed by atoms with Crippen LogP contribution in [0.1, 0.15) is 55.7 Å². The van der Waals surface area contributed by atoms with Crippen molar-refractivity contribution in [2.45, 2.75) is 69.6 Å². The number of benzene rings is 1. The molecule has 4 rings (SSSR count). The Morgan fingerprint density at radius 1 is 1.32 bits per heavy atom. The Balaban J connectivity index is 1.40. The number of halogens is 1. The summed E-state index contributed by atoms with van der Waals surface area (Å²) in [6.45, 7) is 1.93. The Labute approximate surface area is 183 Å². The molecule has 0 saturated heterocycles. The minimum atomic E-state index is -0.163. The summed E-state index contributed by atoms with van der Waals surface area (Å²) in [5, 5.41) is 11.6. The Morgan fingerprint density at radius 2 is 2.16 bits per heavy atom. The highest BCUT2D eigenvalue weighted by Crippen LogP contribution is 2.39. The van der Waals surface area contributed by atoms with Crippen LogP contribution in [0.15, 0.2) is 29.3 Å². The number of fused-ring (bicyclic) bond motifs is 1. The summed E-state index contributed by atoms with van der Waals surface area (Å²) in [6.07, 6.45) is 7.57. The van der Waals surface area contributed by atoms with Crippen molar-refractivity contribution in [1.29, 1.82) is 0 Å². The second kappa shape index (κ2) is 9.77. The van der Waals surface area contributed by atoms with Gasteiger partial charge in [0.2, 0.25) is 0 Å². The van der Waals surface area contributed by atoms with Crippen LogP contribution in [0.25, 0.3) is 0 Å². The third-order valence-corrected chi connectivity index (χ3v) is 6.58. The summed E-state index contributed by atoms with van der Waals surface area (Å²) < 4.78 is 21.1. The van der Waals surface area contributed by atoms with E-state index < -0.39 is 0 Å². The predicted octanol–water partition coefficient (Wildman–Crippen LogP) is 2.95. The van der Waals surface area contributed by atoms with Crippen LogP contribution in [0.4, 0.5) is 4.39 Å². The molecule has 1 fully saturated rings. The molecule has 2 heterocycles. The quantitative estimate of drug-likeness (QED) is 0.547. The predicted molar refractivity (Wildman–Crippen MR) is 119 cm³/mol. The maximum atomic E-state index is 14.0. The van der Waals surface area contributed by atoms with Crippen molar-refractivity contribution in [2.75, 3.05) is 20.7 Å². The Hall–Kier alpha value is -2.48. The van der Waals surface area contributed by atoms with Gasteiger partial charge in [0.05, 0.1) is 6.54 Å². The number of nitrogens with one attached hydrogen (secondary N) is 2. The van der Waals surface area contributed by atoms with E-state index in [1.165, 1.54) is 25.3 Å². The molecular formula is C23H33FN6O. The molecule has 31 heavy (non-hydrogen) atoms. The third kappa shape index (κ3) is 5.06. The van der Waals surface area contributed by atoms with Gasteiger partial charge in [-0.05, 0) is 37.0 Å². The third-order valence-electron chi connectivity index (χ3n) is 6.58. The summed E-state index contributed by atoms with van der Waals surface area (Å²) in [4.78, 5) is 9.00. The van der Waals surface area contributed by atoms with Gasteiger partial charge in [0.1, 0.15) is 18.2 Å². The molecule has 2 aromatic rings. The lowest BCUT2D eigenvalue weighted by molar-refractivity contribution is 0.177. The fraction of sp³-hybridized carbons (Fsp3) is 0.609. The van der Waals surface area contributed by atoms with Crippen molar-refractivity contribution in [3.8, 4) is 0 Å². The second-order valence-corrected chi connectivity index (χ2v) is 8.72. The number of hydrogen-bond acceptors (Lipinski definition) is 4. The number of rotatable bonds is 6. The zero-order chi connectivity index (χ0) is 21.7. The first-order valence-corrected chi connectivity index (χ1v) is 11.3. The molecule has 0 spiro atoms. The lowest BCUT2D eigenvalue weighted by Gasteiger charge is -2.39. The summed E-state index contributed by atoms with van der Waals surface area (Å²) in [5.41, 5.74) is 1.03. The molecule has 168 valence electrons. The van der Waals surface area contributed by atoms with Gasteiger partial charge in [-0.1, -0.05) is 31.4 Å². The molecule has 0 radical (unpaired) electrons. The smallest absolute Gasteiger partial charge is 0.191 e. The zero-order valence-electron chi connectivity index (χ0n) is 18.5. The van der Waals surface area contributed by atoms with E-state index in [4.69, 9.17) is 4.74 Å². The van der Waals surface area contributed by atoms with Crippen LogP contribution in [0.3, 0.4) is 0 Å². The Bertz CT molecular complexity index is 905. The molecule has 2 N–H and O–H groups in total. The number of ether oxygens (including phenoxy) is 1. The molecule has 1 aromatic carbocycles. The lowest BCUT2D eigenvalue weighted by Crippen LogP contribution is -2.51. The normalized spacial score (nSPS) is 20.9. The van der Waals surface area contributed by atoms with Crippen molar-refractivity contribution >= 4 is 5.96 Å². The number of hydrogen-bond donors (Lipinski definition) is 2. The monoisotopic (exact) mass is 428 g/mol. The van der Waals surface area contributed by atoms with Crippen molar-refractivity contribution < 1.29 is 9.13 Å². The zero-order valence-corrected chi connectivity index (χ0v) is 18.5. The Morgan fingerprint density at radius 3 is 2.90 bits per heavy atom. The van der Waals surface area contributed by atoms with Crippen LogP contribution in [0, 0.1) is 5.82 Å².